The maximum Gasteiger partial charge on any atom is 0.305 e. The van der Waals surface area contributed by atoms with E-state index in [1.807, 2.05) is 6.07 Å². The first-order valence-corrected chi connectivity index (χ1v) is 6.38. The van der Waals surface area contributed by atoms with Crippen LogP contribution in [0.4, 0.5) is 0 Å². The molecule has 6 heteroatoms. The molecule has 0 atom stereocenters. The third-order valence-electron chi connectivity index (χ3n) is 2.30. The Bertz CT molecular complexity index is 405. The van der Waals surface area contributed by atoms with Crippen LogP contribution >= 0.6 is 22.9 Å². The molecule has 94 valence electrons. The fourth-order valence-electron chi connectivity index (χ4n) is 1.30. The van der Waals surface area contributed by atoms with E-state index in [0.29, 0.717) is 17.2 Å². The number of carbonyl (C=O) groups excluding carboxylic acids is 1. The predicted molar refractivity (Wildman–Crippen MR) is 67.5 cm³/mol. The van der Waals surface area contributed by atoms with E-state index >= 15 is 0 Å². The molecule has 0 bridgehead atoms. The Morgan fingerprint density at radius 3 is 2.65 bits per heavy atom. The zero-order valence-corrected chi connectivity index (χ0v) is 11.1. The second-order valence-corrected chi connectivity index (χ2v) is 5.46. The first-order chi connectivity index (χ1) is 7.99. The number of carboxylic acid groups (broad SMARTS) is 1. The van der Waals surface area contributed by atoms with Crippen molar-refractivity contribution in [3.8, 4) is 0 Å². The van der Waals surface area contributed by atoms with E-state index in [-0.39, 0.29) is 18.9 Å². The molecule has 1 amide bonds. The van der Waals surface area contributed by atoms with Crippen LogP contribution in [0.2, 0.25) is 4.34 Å². The topological polar surface area (TPSA) is 57.6 Å². The molecule has 1 aromatic rings. The minimum Gasteiger partial charge on any atom is -0.481 e. The van der Waals surface area contributed by atoms with Crippen molar-refractivity contribution in [2.24, 2.45) is 0 Å². The molecule has 0 spiro atoms. The van der Waals surface area contributed by atoms with Crippen molar-refractivity contribution < 1.29 is 14.7 Å². The summed E-state index contributed by atoms with van der Waals surface area (Å²) in [6.07, 6.45) is 1.01. The van der Waals surface area contributed by atoms with E-state index in [4.69, 9.17) is 16.7 Å². The quantitative estimate of drug-likeness (QED) is 0.866. The van der Waals surface area contributed by atoms with Gasteiger partial charge in [0.25, 0.3) is 0 Å². The van der Waals surface area contributed by atoms with Crippen molar-refractivity contribution in [2.75, 3.05) is 13.6 Å². The third-order valence-corrected chi connectivity index (χ3v) is 3.59. The van der Waals surface area contributed by atoms with E-state index in [0.717, 1.165) is 4.88 Å². The third kappa shape index (κ3) is 5.19. The highest BCUT2D eigenvalue weighted by atomic mass is 35.5. The van der Waals surface area contributed by atoms with Gasteiger partial charge < -0.3 is 10.0 Å². The van der Waals surface area contributed by atoms with Gasteiger partial charge in [0.2, 0.25) is 5.91 Å². The molecule has 17 heavy (non-hydrogen) atoms. The lowest BCUT2D eigenvalue weighted by molar-refractivity contribution is -0.138. The summed E-state index contributed by atoms with van der Waals surface area (Å²) in [5.41, 5.74) is 0. The van der Waals surface area contributed by atoms with Gasteiger partial charge in [-0.1, -0.05) is 11.6 Å². The zero-order valence-electron chi connectivity index (χ0n) is 9.48. The van der Waals surface area contributed by atoms with E-state index in [1.165, 1.54) is 16.2 Å². The molecule has 0 aromatic carbocycles. The van der Waals surface area contributed by atoms with Crippen LogP contribution in [0.5, 0.6) is 0 Å². The number of thiophene rings is 1. The molecule has 1 rings (SSSR count). The molecule has 0 aliphatic carbocycles. The van der Waals surface area contributed by atoms with Crippen molar-refractivity contribution in [3.63, 3.8) is 0 Å². The lowest BCUT2D eigenvalue weighted by Gasteiger charge is -2.15. The number of amides is 1. The van der Waals surface area contributed by atoms with E-state index in [1.54, 1.807) is 13.1 Å². The van der Waals surface area contributed by atoms with Crippen LogP contribution in [-0.2, 0) is 16.0 Å². The lowest BCUT2D eigenvalue weighted by Crippen LogP contribution is -2.29. The molecule has 0 unspecified atom stereocenters. The van der Waals surface area contributed by atoms with Crippen molar-refractivity contribution in [2.45, 2.75) is 19.3 Å². The Labute approximate surface area is 109 Å². The summed E-state index contributed by atoms with van der Waals surface area (Å²) in [7, 11) is 1.62. The minimum absolute atomic E-state index is 0.0208. The standard InChI is InChI=1S/C11H14ClNO3S/c1-13(7-6-11(15)16)10(14)5-3-8-2-4-9(12)17-8/h2,4H,3,5-7H2,1H3,(H,15,16). The molecule has 0 saturated carbocycles. The van der Waals surface area contributed by atoms with Gasteiger partial charge in [0.15, 0.2) is 0 Å². The Morgan fingerprint density at radius 2 is 2.12 bits per heavy atom. The van der Waals surface area contributed by atoms with E-state index < -0.39 is 5.97 Å². The average Bonchev–Trinajstić information content (AvgIpc) is 2.68. The largest absolute Gasteiger partial charge is 0.481 e. The molecular formula is C11H14ClNO3S. The highest BCUT2D eigenvalue weighted by molar-refractivity contribution is 7.16. The first-order valence-electron chi connectivity index (χ1n) is 5.19. The molecule has 1 N–H and O–H groups in total. The van der Waals surface area contributed by atoms with Gasteiger partial charge in [-0.2, -0.15) is 0 Å². The number of aliphatic carboxylic acids is 1. The van der Waals surface area contributed by atoms with Crippen molar-refractivity contribution in [3.05, 3.63) is 21.3 Å². The number of aryl methyl sites for hydroxylation is 1. The van der Waals surface area contributed by atoms with Crippen LogP contribution in [0.3, 0.4) is 0 Å². The van der Waals surface area contributed by atoms with Crippen LogP contribution in [0, 0.1) is 0 Å². The fraction of sp³-hybridized carbons (Fsp3) is 0.455. The Balaban J connectivity index is 2.31. The van der Waals surface area contributed by atoms with Crippen LogP contribution in [0.15, 0.2) is 12.1 Å². The number of hydrogen-bond donors (Lipinski definition) is 1. The molecular weight excluding hydrogens is 262 g/mol. The van der Waals surface area contributed by atoms with Crippen LogP contribution in [0.1, 0.15) is 17.7 Å². The van der Waals surface area contributed by atoms with Crippen molar-refractivity contribution in [1.29, 1.82) is 0 Å². The molecule has 4 nitrogen and oxygen atoms in total. The van der Waals surface area contributed by atoms with Gasteiger partial charge in [-0.25, -0.2) is 0 Å². The SMILES string of the molecule is CN(CCC(=O)O)C(=O)CCc1ccc(Cl)s1. The summed E-state index contributed by atoms with van der Waals surface area (Å²) in [5.74, 6) is -0.939. The number of nitrogens with zero attached hydrogens (tertiary/aromatic N) is 1. The summed E-state index contributed by atoms with van der Waals surface area (Å²) < 4.78 is 0.715. The van der Waals surface area contributed by atoms with Crippen LogP contribution < -0.4 is 0 Å². The first kappa shape index (κ1) is 14.0. The number of hydrogen-bond acceptors (Lipinski definition) is 3. The number of carboxylic acids is 1. The molecule has 1 aromatic heterocycles. The van der Waals surface area contributed by atoms with Crippen molar-refractivity contribution >= 4 is 34.8 Å². The summed E-state index contributed by atoms with van der Waals surface area (Å²) >= 11 is 7.24. The maximum absolute atomic E-state index is 11.6. The highest BCUT2D eigenvalue weighted by Gasteiger charge is 2.10. The number of halogens is 1. The van der Waals surface area contributed by atoms with Gasteiger partial charge in [0.1, 0.15) is 0 Å². The molecule has 0 radical (unpaired) electrons. The van der Waals surface area contributed by atoms with Crippen molar-refractivity contribution in [1.82, 2.24) is 4.90 Å². The van der Waals surface area contributed by atoms with E-state index in [2.05, 4.69) is 0 Å². The molecule has 0 aliphatic rings. The summed E-state index contributed by atoms with van der Waals surface area (Å²) in [6.45, 7) is 0.249. The number of carbonyl (C=O) groups is 2. The highest BCUT2D eigenvalue weighted by Crippen LogP contribution is 2.22. The molecule has 1 heterocycles. The second kappa shape index (κ2) is 6.61. The lowest BCUT2D eigenvalue weighted by atomic mass is 10.2. The summed E-state index contributed by atoms with van der Waals surface area (Å²) in [6, 6.07) is 3.71. The normalized spacial score (nSPS) is 10.2. The second-order valence-electron chi connectivity index (χ2n) is 3.66. The Kier molecular flexibility index (Phi) is 5.44. The fourth-order valence-corrected chi connectivity index (χ4v) is 2.38. The van der Waals surface area contributed by atoms with Gasteiger partial charge in [0.05, 0.1) is 10.8 Å². The maximum atomic E-state index is 11.6. The Hall–Kier alpha value is -1.07. The van der Waals surface area contributed by atoms with Gasteiger partial charge in [-0.05, 0) is 18.6 Å². The molecule has 0 saturated heterocycles. The van der Waals surface area contributed by atoms with Gasteiger partial charge in [-0.3, -0.25) is 9.59 Å². The smallest absolute Gasteiger partial charge is 0.305 e. The Morgan fingerprint density at radius 1 is 1.41 bits per heavy atom. The summed E-state index contributed by atoms with van der Waals surface area (Å²) in [4.78, 5) is 24.5. The zero-order chi connectivity index (χ0) is 12.8. The van der Waals surface area contributed by atoms with Gasteiger partial charge in [0, 0.05) is 24.9 Å². The van der Waals surface area contributed by atoms with Gasteiger partial charge >= 0.3 is 5.97 Å². The van der Waals surface area contributed by atoms with E-state index in [9.17, 15) is 9.59 Å². The minimum atomic E-state index is -0.894. The molecule has 0 aliphatic heterocycles. The number of rotatable bonds is 6. The van der Waals surface area contributed by atoms with Crippen LogP contribution in [-0.4, -0.2) is 35.5 Å². The van der Waals surface area contributed by atoms with Gasteiger partial charge in [-0.15, -0.1) is 11.3 Å². The van der Waals surface area contributed by atoms with Crippen LogP contribution in [0.25, 0.3) is 0 Å². The average molecular weight is 276 g/mol. The predicted octanol–water partition coefficient (Wildman–Crippen LogP) is 2.27. The molecule has 0 fully saturated rings. The monoisotopic (exact) mass is 275 g/mol. The summed E-state index contributed by atoms with van der Waals surface area (Å²) in [5, 5.41) is 8.50.